The molecule has 3 nitrogen and oxygen atoms in total. The average Bonchev–Trinajstić information content (AvgIpc) is 1.38. The van der Waals surface area contributed by atoms with Crippen molar-refractivity contribution in [2.75, 3.05) is 7.05 Å². The first-order valence-corrected chi connectivity index (χ1v) is 2.19. The van der Waals surface area contributed by atoms with Gasteiger partial charge in [-0.25, -0.2) is 4.78 Å². The number of rotatable bonds is 1. The smallest absolute Gasteiger partial charge is 0.139 e. The third kappa shape index (κ3) is 4.15. The molecule has 0 heterocycles. The summed E-state index contributed by atoms with van der Waals surface area (Å²) in [7, 11) is 0.650. The molecule has 1 unspecified atom stereocenters. The second-order valence-electron chi connectivity index (χ2n) is 0.771. The Balaban J connectivity index is 2.83. The van der Waals surface area contributed by atoms with Crippen LogP contribution in [-0.4, -0.2) is 11.8 Å². The summed E-state index contributed by atoms with van der Waals surface area (Å²) in [6.45, 7) is 0. The van der Waals surface area contributed by atoms with E-state index in [0.717, 1.165) is 4.78 Å². The number of nitrogens with two attached hydrogens (primary N) is 1. The first-order chi connectivity index (χ1) is 2.27. The molecule has 2 N–H and O–H groups in total. The highest BCUT2D eigenvalue weighted by Gasteiger charge is 1.68. The molecule has 0 saturated heterocycles. The molecular formula is CH7N2OP. The molecule has 0 radical (unpaired) electrons. The predicted octanol–water partition coefficient (Wildman–Crippen LogP) is -0.537. The van der Waals surface area contributed by atoms with Crippen LogP contribution in [-0.2, 0) is 4.57 Å². The van der Waals surface area contributed by atoms with Crippen LogP contribution in [0.2, 0.25) is 0 Å². The van der Waals surface area contributed by atoms with Gasteiger partial charge < -0.3 is 4.57 Å². The van der Waals surface area contributed by atoms with Gasteiger partial charge in [-0.3, -0.25) is 5.84 Å². The van der Waals surface area contributed by atoms with E-state index in [9.17, 15) is 4.57 Å². The van der Waals surface area contributed by atoms with Gasteiger partial charge in [0.05, 0.1) is 0 Å². The Kier molecular flexibility index (Phi) is 2.46. The third-order valence-corrected chi connectivity index (χ3v) is 0.499. The molecule has 0 rings (SSSR count). The molecular weight excluding hydrogens is 87.0 g/mol. The van der Waals surface area contributed by atoms with E-state index in [1.54, 1.807) is 7.05 Å². The van der Waals surface area contributed by atoms with Crippen molar-refractivity contribution in [1.29, 1.82) is 0 Å². The Morgan fingerprint density at radius 3 is 2.20 bits per heavy atom. The van der Waals surface area contributed by atoms with Crippen LogP contribution in [0.3, 0.4) is 0 Å². The van der Waals surface area contributed by atoms with Crippen molar-refractivity contribution in [2.45, 2.75) is 0 Å². The molecule has 0 aliphatic rings. The van der Waals surface area contributed by atoms with Crippen molar-refractivity contribution in [3.05, 3.63) is 0 Å². The molecule has 0 amide bonds. The molecule has 32 valence electrons. The monoisotopic (exact) mass is 94.0 g/mol. The van der Waals surface area contributed by atoms with E-state index in [4.69, 9.17) is 5.84 Å². The Labute approximate surface area is 32.0 Å². The number of hydrazine groups is 1. The molecule has 0 aromatic carbocycles. The summed E-state index contributed by atoms with van der Waals surface area (Å²) in [6, 6.07) is 0. The lowest BCUT2D eigenvalue weighted by atomic mass is 11.5. The van der Waals surface area contributed by atoms with Crippen molar-refractivity contribution in [2.24, 2.45) is 5.84 Å². The van der Waals surface area contributed by atoms with Gasteiger partial charge in [0.25, 0.3) is 0 Å². The fraction of sp³-hybridized carbons (Fsp3) is 1.00. The molecule has 0 bridgehead atoms. The van der Waals surface area contributed by atoms with E-state index < -0.39 is 8.61 Å². The van der Waals surface area contributed by atoms with Crippen molar-refractivity contribution in [1.82, 2.24) is 4.78 Å². The molecule has 0 aliphatic heterocycles. The van der Waals surface area contributed by atoms with E-state index in [-0.39, 0.29) is 0 Å². The van der Waals surface area contributed by atoms with E-state index in [1.807, 2.05) is 0 Å². The first kappa shape index (κ1) is 5.15. The topological polar surface area (TPSA) is 46.3 Å². The second-order valence-corrected chi connectivity index (χ2v) is 1.80. The summed E-state index contributed by atoms with van der Waals surface area (Å²) < 4.78 is 10.7. The molecule has 0 spiro atoms. The highest BCUT2D eigenvalue weighted by Crippen LogP contribution is 1.86. The molecule has 0 aliphatic carbocycles. The van der Waals surface area contributed by atoms with Crippen molar-refractivity contribution in [3.8, 4) is 0 Å². The molecule has 0 aromatic heterocycles. The van der Waals surface area contributed by atoms with Crippen molar-refractivity contribution >= 4 is 8.61 Å². The minimum atomic E-state index is -0.907. The van der Waals surface area contributed by atoms with E-state index in [2.05, 4.69) is 0 Å². The Hall–Kier alpha value is 0.150. The SMILES string of the molecule is CN(N)[PH2]=O. The summed E-state index contributed by atoms with van der Waals surface area (Å²) in [5.41, 5.74) is 0. The van der Waals surface area contributed by atoms with Crippen LogP contribution >= 0.6 is 8.61 Å². The van der Waals surface area contributed by atoms with Crippen LogP contribution in [0, 0.1) is 0 Å². The average molecular weight is 94.1 g/mol. The summed E-state index contributed by atoms with van der Waals surface area (Å²) in [5, 5.41) is 0. The summed E-state index contributed by atoms with van der Waals surface area (Å²) in [4.78, 5) is 0. The standard InChI is InChI=1S/CH7N2OP/c1-3(2)5-4/h2,5H2,1H3. The minimum absolute atomic E-state index is 0.907. The highest BCUT2D eigenvalue weighted by atomic mass is 31.1. The van der Waals surface area contributed by atoms with Crippen LogP contribution in [0.5, 0.6) is 0 Å². The largest absolute Gasteiger partial charge is 0.312 e. The molecule has 0 aromatic rings. The van der Waals surface area contributed by atoms with Crippen LogP contribution in [0.1, 0.15) is 0 Å². The zero-order chi connectivity index (χ0) is 4.28. The van der Waals surface area contributed by atoms with Gasteiger partial charge in [0, 0.05) is 7.05 Å². The molecule has 5 heavy (non-hydrogen) atoms. The first-order valence-electron chi connectivity index (χ1n) is 1.20. The van der Waals surface area contributed by atoms with Crippen LogP contribution in [0.15, 0.2) is 0 Å². The van der Waals surface area contributed by atoms with E-state index in [0.29, 0.717) is 0 Å². The lowest BCUT2D eigenvalue weighted by Gasteiger charge is -1.91. The maximum atomic E-state index is 9.51. The van der Waals surface area contributed by atoms with Gasteiger partial charge in [0.1, 0.15) is 8.61 Å². The van der Waals surface area contributed by atoms with Gasteiger partial charge in [0.2, 0.25) is 0 Å². The Morgan fingerprint density at radius 2 is 2.20 bits per heavy atom. The normalized spacial score (nSPS) is 11.8. The van der Waals surface area contributed by atoms with Crippen LogP contribution in [0.4, 0.5) is 0 Å². The van der Waals surface area contributed by atoms with Gasteiger partial charge in [-0.05, 0) is 0 Å². The fourth-order valence-electron chi connectivity index (χ4n) is 0. The quantitative estimate of drug-likeness (QED) is 0.270. The van der Waals surface area contributed by atoms with Gasteiger partial charge in [-0.15, -0.1) is 0 Å². The van der Waals surface area contributed by atoms with E-state index in [1.165, 1.54) is 0 Å². The fourth-order valence-corrected chi connectivity index (χ4v) is 0. The van der Waals surface area contributed by atoms with Gasteiger partial charge >= 0.3 is 0 Å². The lowest BCUT2D eigenvalue weighted by Crippen LogP contribution is -2.12. The summed E-state index contributed by atoms with van der Waals surface area (Å²) in [6.07, 6.45) is 0. The molecule has 4 heteroatoms. The van der Waals surface area contributed by atoms with Crippen LogP contribution < -0.4 is 5.84 Å². The maximum absolute atomic E-state index is 9.51. The summed E-state index contributed by atoms with van der Waals surface area (Å²) >= 11 is 0. The molecule has 0 saturated carbocycles. The van der Waals surface area contributed by atoms with E-state index >= 15 is 0 Å². The highest BCUT2D eigenvalue weighted by molar-refractivity contribution is 7.20. The van der Waals surface area contributed by atoms with Gasteiger partial charge in [0.15, 0.2) is 0 Å². The number of hydrogen-bond donors (Lipinski definition) is 1. The van der Waals surface area contributed by atoms with Gasteiger partial charge in [-0.2, -0.15) is 0 Å². The van der Waals surface area contributed by atoms with Crippen LogP contribution in [0.25, 0.3) is 0 Å². The number of hydrogen-bond acceptors (Lipinski definition) is 2. The van der Waals surface area contributed by atoms with Gasteiger partial charge in [-0.1, -0.05) is 0 Å². The van der Waals surface area contributed by atoms with Crippen molar-refractivity contribution in [3.63, 3.8) is 0 Å². The Morgan fingerprint density at radius 1 is 2.00 bits per heavy atom. The molecule has 0 fully saturated rings. The predicted molar refractivity (Wildman–Crippen MR) is 22.3 cm³/mol. The summed E-state index contributed by atoms with van der Waals surface area (Å²) in [5.74, 6) is 4.85. The third-order valence-electron chi connectivity index (χ3n) is 0.166. The zero-order valence-electron chi connectivity index (χ0n) is 3.01. The Bertz CT molecular complexity index is 36.6. The lowest BCUT2D eigenvalue weighted by molar-refractivity contribution is 0.521. The minimum Gasteiger partial charge on any atom is -0.312 e. The maximum Gasteiger partial charge on any atom is 0.139 e. The second kappa shape index (κ2) is 2.39. The number of nitrogens with zero attached hydrogens (tertiary/aromatic N) is 1. The van der Waals surface area contributed by atoms with Crippen molar-refractivity contribution < 1.29 is 4.57 Å². The molecule has 1 atom stereocenters. The zero-order valence-corrected chi connectivity index (χ0v) is 4.16.